The van der Waals surface area contributed by atoms with E-state index in [0.717, 1.165) is 50.9 Å². The highest BCUT2D eigenvalue weighted by Gasteiger charge is 2.34. The summed E-state index contributed by atoms with van der Waals surface area (Å²) in [4.78, 5) is 16.7. The number of nitrogens with zero attached hydrogens (tertiary/aromatic N) is 2. The maximum Gasteiger partial charge on any atom is 0.225 e. The van der Waals surface area contributed by atoms with Crippen LogP contribution in [0.15, 0.2) is 24.3 Å². The number of phenolic OH excluding ortho intramolecular Hbond substituents is 1. The van der Waals surface area contributed by atoms with Gasteiger partial charge in [0.15, 0.2) is 0 Å². The molecule has 1 heterocycles. The summed E-state index contributed by atoms with van der Waals surface area (Å²) >= 11 is 0. The molecule has 1 saturated carbocycles. The molecule has 0 bridgehead atoms. The molecule has 0 radical (unpaired) electrons. The molecule has 5 heteroatoms. The van der Waals surface area contributed by atoms with Crippen molar-refractivity contribution in [2.24, 2.45) is 0 Å². The second-order valence-corrected chi connectivity index (χ2v) is 7.29. The first-order chi connectivity index (χ1) is 11.5. The lowest BCUT2D eigenvalue weighted by Gasteiger charge is -2.38. The van der Waals surface area contributed by atoms with Crippen molar-refractivity contribution in [3.8, 4) is 5.75 Å². The number of phenols is 1. The van der Waals surface area contributed by atoms with Gasteiger partial charge in [-0.2, -0.15) is 0 Å². The van der Waals surface area contributed by atoms with Crippen LogP contribution in [-0.2, 0) is 11.3 Å². The van der Waals surface area contributed by atoms with Crippen LogP contribution in [0.1, 0.15) is 44.1 Å². The van der Waals surface area contributed by atoms with Gasteiger partial charge in [0.05, 0.1) is 12.0 Å². The first kappa shape index (κ1) is 17.2. The molecular formula is C19H28N2O3. The fourth-order valence-electron chi connectivity index (χ4n) is 3.85. The number of hydrogen-bond donors (Lipinski definition) is 2. The maximum atomic E-state index is 12.5. The van der Waals surface area contributed by atoms with Gasteiger partial charge in [-0.3, -0.25) is 9.69 Å². The summed E-state index contributed by atoms with van der Waals surface area (Å²) in [6.07, 6.45) is 5.03. The summed E-state index contributed by atoms with van der Waals surface area (Å²) in [7, 11) is 0. The van der Waals surface area contributed by atoms with Gasteiger partial charge < -0.3 is 15.1 Å². The maximum absolute atomic E-state index is 12.5. The number of amides is 1. The molecule has 0 unspecified atom stereocenters. The quantitative estimate of drug-likeness (QED) is 0.886. The molecule has 2 N–H and O–H groups in total. The van der Waals surface area contributed by atoms with E-state index in [1.54, 1.807) is 12.1 Å². The molecule has 1 amide bonds. The predicted octanol–water partition coefficient (Wildman–Crippen LogP) is 2.12. The number of piperazine rings is 1. The van der Waals surface area contributed by atoms with Crippen LogP contribution in [0.5, 0.6) is 5.75 Å². The van der Waals surface area contributed by atoms with E-state index in [9.17, 15) is 15.0 Å². The number of rotatable bonds is 4. The lowest BCUT2D eigenvalue weighted by atomic mass is 9.82. The Morgan fingerprint density at radius 3 is 2.46 bits per heavy atom. The normalized spacial score (nSPS) is 21.6. The monoisotopic (exact) mass is 332 g/mol. The van der Waals surface area contributed by atoms with Crippen molar-refractivity contribution < 1.29 is 15.0 Å². The van der Waals surface area contributed by atoms with E-state index in [2.05, 4.69) is 4.90 Å². The van der Waals surface area contributed by atoms with Gasteiger partial charge in [0.25, 0.3) is 0 Å². The molecule has 1 aromatic carbocycles. The van der Waals surface area contributed by atoms with Crippen molar-refractivity contribution in [3.63, 3.8) is 0 Å². The highest BCUT2D eigenvalue weighted by molar-refractivity contribution is 5.77. The fourth-order valence-corrected chi connectivity index (χ4v) is 3.85. The Balaban J connectivity index is 1.47. The average molecular weight is 332 g/mol. The first-order valence-corrected chi connectivity index (χ1v) is 9.05. The van der Waals surface area contributed by atoms with Crippen LogP contribution in [0.2, 0.25) is 0 Å². The van der Waals surface area contributed by atoms with E-state index in [4.69, 9.17) is 0 Å². The van der Waals surface area contributed by atoms with Gasteiger partial charge in [-0.25, -0.2) is 0 Å². The predicted molar refractivity (Wildman–Crippen MR) is 92.6 cm³/mol. The van der Waals surface area contributed by atoms with Crippen molar-refractivity contribution in [1.29, 1.82) is 0 Å². The SMILES string of the molecule is O=C(CC1(O)CCCCC1)N1CCN(Cc2cccc(O)c2)CC1. The number of aliphatic hydroxyl groups is 1. The lowest BCUT2D eigenvalue weighted by molar-refractivity contribution is -0.139. The first-order valence-electron chi connectivity index (χ1n) is 9.05. The molecule has 2 aliphatic rings. The zero-order valence-electron chi connectivity index (χ0n) is 14.3. The topological polar surface area (TPSA) is 64.0 Å². The van der Waals surface area contributed by atoms with E-state index in [1.807, 2.05) is 17.0 Å². The number of hydrogen-bond acceptors (Lipinski definition) is 4. The minimum absolute atomic E-state index is 0.0939. The van der Waals surface area contributed by atoms with E-state index >= 15 is 0 Å². The number of aromatic hydroxyl groups is 1. The Kier molecular flexibility index (Phi) is 5.41. The van der Waals surface area contributed by atoms with Crippen LogP contribution < -0.4 is 0 Å². The molecule has 2 fully saturated rings. The molecule has 0 atom stereocenters. The standard InChI is InChI=1S/C19H28N2O3/c22-17-6-4-5-16(13-17)15-20-9-11-21(12-10-20)18(23)14-19(24)7-2-1-3-8-19/h4-6,13,22,24H,1-3,7-12,14-15H2. The van der Waals surface area contributed by atoms with E-state index in [1.165, 1.54) is 6.42 Å². The Morgan fingerprint density at radius 2 is 1.79 bits per heavy atom. The highest BCUT2D eigenvalue weighted by Crippen LogP contribution is 2.31. The molecular weight excluding hydrogens is 304 g/mol. The smallest absolute Gasteiger partial charge is 0.225 e. The molecule has 1 aromatic rings. The van der Waals surface area contributed by atoms with Gasteiger partial charge in [-0.1, -0.05) is 31.4 Å². The third-order valence-electron chi connectivity index (χ3n) is 5.31. The van der Waals surface area contributed by atoms with E-state index in [-0.39, 0.29) is 12.3 Å². The van der Waals surface area contributed by atoms with Gasteiger partial charge in [0.1, 0.15) is 5.75 Å². The zero-order chi connectivity index (χ0) is 17.0. The minimum Gasteiger partial charge on any atom is -0.508 e. The summed E-state index contributed by atoms with van der Waals surface area (Å²) in [5, 5.41) is 20.1. The van der Waals surface area contributed by atoms with Crippen molar-refractivity contribution in [2.75, 3.05) is 26.2 Å². The molecule has 1 aliphatic carbocycles. The third kappa shape index (κ3) is 4.48. The molecule has 0 aromatic heterocycles. The number of carbonyl (C=O) groups is 1. The van der Waals surface area contributed by atoms with Crippen molar-refractivity contribution in [2.45, 2.75) is 50.7 Å². The largest absolute Gasteiger partial charge is 0.508 e. The summed E-state index contributed by atoms with van der Waals surface area (Å²) < 4.78 is 0. The Labute approximate surface area is 143 Å². The molecule has 1 aliphatic heterocycles. The molecule has 5 nitrogen and oxygen atoms in total. The van der Waals surface area contributed by atoms with Gasteiger partial charge in [-0.05, 0) is 30.5 Å². The fraction of sp³-hybridized carbons (Fsp3) is 0.632. The molecule has 24 heavy (non-hydrogen) atoms. The zero-order valence-corrected chi connectivity index (χ0v) is 14.3. The van der Waals surface area contributed by atoms with Crippen LogP contribution in [0.4, 0.5) is 0 Å². The van der Waals surface area contributed by atoms with E-state index in [0.29, 0.717) is 18.8 Å². The summed E-state index contributed by atoms with van der Waals surface area (Å²) in [5.41, 5.74) is 0.319. The van der Waals surface area contributed by atoms with Crippen LogP contribution in [-0.4, -0.2) is 57.7 Å². The van der Waals surface area contributed by atoms with Crippen LogP contribution in [0.3, 0.4) is 0 Å². The third-order valence-corrected chi connectivity index (χ3v) is 5.31. The van der Waals surface area contributed by atoms with Crippen molar-refractivity contribution in [1.82, 2.24) is 9.80 Å². The second kappa shape index (κ2) is 7.53. The van der Waals surface area contributed by atoms with Crippen molar-refractivity contribution in [3.05, 3.63) is 29.8 Å². The van der Waals surface area contributed by atoms with Gasteiger partial charge in [0, 0.05) is 32.7 Å². The Bertz CT molecular complexity index is 561. The average Bonchev–Trinajstić information content (AvgIpc) is 2.56. The number of carbonyl (C=O) groups excluding carboxylic acids is 1. The van der Waals surface area contributed by atoms with Gasteiger partial charge in [0.2, 0.25) is 5.91 Å². The molecule has 0 spiro atoms. The van der Waals surface area contributed by atoms with Crippen LogP contribution in [0, 0.1) is 0 Å². The molecule has 3 rings (SSSR count). The lowest BCUT2D eigenvalue weighted by Crippen LogP contribution is -2.50. The van der Waals surface area contributed by atoms with Gasteiger partial charge in [-0.15, -0.1) is 0 Å². The molecule has 1 saturated heterocycles. The highest BCUT2D eigenvalue weighted by atomic mass is 16.3. The summed E-state index contributed by atoms with van der Waals surface area (Å²) in [5.74, 6) is 0.387. The minimum atomic E-state index is -0.770. The van der Waals surface area contributed by atoms with Crippen LogP contribution in [0.25, 0.3) is 0 Å². The summed E-state index contributed by atoms with van der Waals surface area (Å²) in [6, 6.07) is 7.33. The van der Waals surface area contributed by atoms with E-state index < -0.39 is 5.60 Å². The van der Waals surface area contributed by atoms with Crippen molar-refractivity contribution >= 4 is 5.91 Å². The van der Waals surface area contributed by atoms with Gasteiger partial charge >= 0.3 is 0 Å². The second-order valence-electron chi connectivity index (χ2n) is 7.29. The Morgan fingerprint density at radius 1 is 1.08 bits per heavy atom. The van der Waals surface area contributed by atoms with Crippen LogP contribution >= 0.6 is 0 Å². The molecule has 132 valence electrons. The number of benzene rings is 1. The Hall–Kier alpha value is -1.59. The summed E-state index contributed by atoms with van der Waals surface area (Å²) in [6.45, 7) is 3.89.